The average Bonchev–Trinajstić information content (AvgIpc) is 2.33. The van der Waals surface area contributed by atoms with E-state index in [9.17, 15) is 14.7 Å². The summed E-state index contributed by atoms with van der Waals surface area (Å²) in [5.74, 6) is -1.29. The van der Waals surface area contributed by atoms with Crippen molar-refractivity contribution in [2.24, 2.45) is 0 Å². The summed E-state index contributed by atoms with van der Waals surface area (Å²) in [5, 5.41) is 19.1. The topological polar surface area (TPSA) is 112 Å². The van der Waals surface area contributed by atoms with Gasteiger partial charge in [-0.1, -0.05) is 0 Å². The molecule has 0 spiro atoms. The molecule has 0 saturated carbocycles. The number of rotatable bonds is 4. The van der Waals surface area contributed by atoms with Crippen LogP contribution in [0, 0.1) is 0 Å². The molecule has 0 amide bonds. The number of methoxy groups -OCH3 is 1. The molecule has 0 aromatic carbocycles. The van der Waals surface area contributed by atoms with Crippen LogP contribution in [0.5, 0.6) is 0 Å². The minimum atomic E-state index is -1.33. The Hall–Kier alpha value is -1.22. The summed E-state index contributed by atoms with van der Waals surface area (Å²) in [5.41, 5.74) is 0. The predicted octanol–water partition coefficient (Wildman–Crippen LogP) is -1.43. The van der Waals surface area contributed by atoms with Crippen LogP contribution in [0.4, 0.5) is 0 Å². The van der Waals surface area contributed by atoms with Crippen molar-refractivity contribution in [1.82, 2.24) is 0 Å². The van der Waals surface area contributed by atoms with Gasteiger partial charge >= 0.3 is 11.9 Å². The van der Waals surface area contributed by atoms with Crippen LogP contribution in [0.3, 0.4) is 0 Å². The molecule has 0 bridgehead atoms. The second kappa shape index (κ2) is 6.80. The fourth-order valence-corrected chi connectivity index (χ4v) is 1.87. The number of aliphatic hydroxyl groups is 2. The van der Waals surface area contributed by atoms with E-state index in [1.165, 1.54) is 14.0 Å². The first-order valence-corrected chi connectivity index (χ1v) is 5.72. The smallest absolute Gasteiger partial charge is 0.303 e. The maximum Gasteiger partial charge on any atom is 0.303 e. The van der Waals surface area contributed by atoms with E-state index in [2.05, 4.69) is 0 Å². The molecule has 0 radical (unpaired) electrons. The summed E-state index contributed by atoms with van der Waals surface area (Å²) in [7, 11) is 1.30. The lowest BCUT2D eigenvalue weighted by molar-refractivity contribution is -0.299. The number of aliphatic hydroxyl groups excluding tert-OH is 2. The van der Waals surface area contributed by atoms with E-state index in [4.69, 9.17) is 24.1 Å². The number of carbonyl (C=O) groups is 2. The Bertz CT molecular complexity index is 331. The Labute approximate surface area is 110 Å². The molecule has 1 saturated heterocycles. The van der Waals surface area contributed by atoms with Gasteiger partial charge in [-0.15, -0.1) is 0 Å². The lowest BCUT2D eigenvalue weighted by Crippen LogP contribution is -2.61. The monoisotopic (exact) mass is 278 g/mol. The van der Waals surface area contributed by atoms with Gasteiger partial charge in [0.15, 0.2) is 18.5 Å². The van der Waals surface area contributed by atoms with Crippen molar-refractivity contribution in [3.05, 3.63) is 0 Å². The lowest BCUT2D eigenvalue weighted by atomic mass is 9.98. The first-order chi connectivity index (χ1) is 8.90. The maximum absolute atomic E-state index is 11.1. The zero-order valence-corrected chi connectivity index (χ0v) is 10.9. The minimum absolute atomic E-state index is 0.494. The third kappa shape index (κ3) is 3.87. The van der Waals surface area contributed by atoms with Crippen molar-refractivity contribution in [2.75, 3.05) is 13.7 Å². The number of hydrogen-bond acceptors (Lipinski definition) is 8. The largest absolute Gasteiger partial charge is 0.455 e. The Kier molecular flexibility index (Phi) is 5.67. The highest BCUT2D eigenvalue weighted by molar-refractivity contribution is 5.67. The van der Waals surface area contributed by atoms with E-state index in [1.54, 1.807) is 0 Å². The van der Waals surface area contributed by atoms with Crippen LogP contribution in [-0.2, 0) is 28.5 Å². The normalized spacial score (nSPS) is 34.7. The fraction of sp³-hybridized carbons (Fsp3) is 0.818. The van der Waals surface area contributed by atoms with Crippen LogP contribution < -0.4 is 0 Å². The van der Waals surface area contributed by atoms with Crippen LogP contribution in [0.25, 0.3) is 0 Å². The summed E-state index contributed by atoms with van der Waals surface area (Å²) < 4.78 is 20.1. The number of carbonyl (C=O) groups excluding carboxylic acids is 2. The second-order valence-electron chi connectivity index (χ2n) is 4.10. The van der Waals surface area contributed by atoms with Gasteiger partial charge in [0.25, 0.3) is 0 Å². The maximum atomic E-state index is 11.1. The summed E-state index contributed by atoms with van der Waals surface area (Å²) in [6, 6.07) is 0. The van der Waals surface area contributed by atoms with E-state index in [0.29, 0.717) is 0 Å². The van der Waals surface area contributed by atoms with Gasteiger partial charge in [0.1, 0.15) is 12.2 Å². The molecule has 5 atom stereocenters. The van der Waals surface area contributed by atoms with Crippen molar-refractivity contribution < 1.29 is 38.7 Å². The zero-order chi connectivity index (χ0) is 14.6. The average molecular weight is 278 g/mol. The van der Waals surface area contributed by atoms with Gasteiger partial charge in [0.05, 0.1) is 6.61 Å². The quantitative estimate of drug-likeness (QED) is 0.602. The molecule has 1 heterocycles. The van der Waals surface area contributed by atoms with Gasteiger partial charge in [-0.2, -0.15) is 0 Å². The SMILES string of the molecule is CO[C@H]1O[C@H](CO)[C@@H](O)[C@H](OC(C)=O)[C@H]1OC(C)=O. The minimum Gasteiger partial charge on any atom is -0.455 e. The van der Waals surface area contributed by atoms with Crippen molar-refractivity contribution >= 4 is 11.9 Å². The van der Waals surface area contributed by atoms with Gasteiger partial charge in [-0.05, 0) is 0 Å². The third-order valence-corrected chi connectivity index (χ3v) is 2.63. The molecular formula is C11H18O8. The van der Waals surface area contributed by atoms with E-state index >= 15 is 0 Å². The van der Waals surface area contributed by atoms with Gasteiger partial charge in [0, 0.05) is 21.0 Å². The molecular weight excluding hydrogens is 260 g/mol. The molecule has 1 fully saturated rings. The van der Waals surface area contributed by atoms with Crippen LogP contribution in [0.2, 0.25) is 0 Å². The molecule has 8 heteroatoms. The van der Waals surface area contributed by atoms with Crippen LogP contribution >= 0.6 is 0 Å². The highest BCUT2D eigenvalue weighted by Crippen LogP contribution is 2.26. The van der Waals surface area contributed by atoms with Crippen molar-refractivity contribution in [2.45, 2.75) is 44.6 Å². The van der Waals surface area contributed by atoms with E-state index in [-0.39, 0.29) is 0 Å². The number of hydrogen-bond donors (Lipinski definition) is 2. The Morgan fingerprint density at radius 2 is 1.68 bits per heavy atom. The molecule has 0 unspecified atom stereocenters. The zero-order valence-electron chi connectivity index (χ0n) is 10.9. The highest BCUT2D eigenvalue weighted by atomic mass is 16.7. The van der Waals surface area contributed by atoms with Crippen LogP contribution in [0.1, 0.15) is 13.8 Å². The molecule has 2 N–H and O–H groups in total. The first-order valence-electron chi connectivity index (χ1n) is 5.72. The van der Waals surface area contributed by atoms with Gasteiger partial charge in [-0.25, -0.2) is 0 Å². The summed E-state index contributed by atoms with van der Waals surface area (Å²) in [6.07, 6.45) is -5.65. The second-order valence-corrected chi connectivity index (χ2v) is 4.10. The van der Waals surface area contributed by atoms with Gasteiger partial charge < -0.3 is 29.2 Å². The molecule has 8 nitrogen and oxygen atoms in total. The molecule has 0 aromatic rings. The number of esters is 2. The summed E-state index contributed by atoms with van der Waals surface area (Å²) in [6.45, 7) is 1.83. The van der Waals surface area contributed by atoms with Gasteiger partial charge in [0.2, 0.25) is 0 Å². The summed E-state index contributed by atoms with van der Waals surface area (Å²) in [4.78, 5) is 22.1. The Morgan fingerprint density at radius 3 is 2.11 bits per heavy atom. The molecule has 19 heavy (non-hydrogen) atoms. The Morgan fingerprint density at radius 1 is 1.16 bits per heavy atom. The molecule has 0 aromatic heterocycles. The molecule has 0 aliphatic carbocycles. The standard InChI is InChI=1S/C11H18O8/c1-5(13)17-9-8(15)7(4-12)19-11(16-3)10(9)18-6(2)14/h7-12,15H,4H2,1-3H3/t7-,8-,9+,10-,11+/m1/s1. The van der Waals surface area contributed by atoms with E-state index in [1.807, 2.05) is 0 Å². The highest BCUT2D eigenvalue weighted by Gasteiger charge is 2.49. The van der Waals surface area contributed by atoms with Crippen molar-refractivity contribution in [3.8, 4) is 0 Å². The third-order valence-electron chi connectivity index (χ3n) is 2.63. The molecule has 1 rings (SSSR count). The first kappa shape index (κ1) is 15.8. The van der Waals surface area contributed by atoms with E-state index < -0.39 is 49.3 Å². The molecule has 1 aliphatic heterocycles. The summed E-state index contributed by atoms with van der Waals surface area (Å²) >= 11 is 0. The fourth-order valence-electron chi connectivity index (χ4n) is 1.87. The molecule has 110 valence electrons. The predicted molar refractivity (Wildman–Crippen MR) is 59.9 cm³/mol. The van der Waals surface area contributed by atoms with Crippen molar-refractivity contribution in [3.63, 3.8) is 0 Å². The van der Waals surface area contributed by atoms with Gasteiger partial charge in [-0.3, -0.25) is 9.59 Å². The lowest BCUT2D eigenvalue weighted by Gasteiger charge is -2.42. The van der Waals surface area contributed by atoms with E-state index in [0.717, 1.165) is 6.92 Å². The number of ether oxygens (including phenoxy) is 4. The molecule has 1 aliphatic rings. The van der Waals surface area contributed by atoms with Crippen molar-refractivity contribution in [1.29, 1.82) is 0 Å². The van der Waals surface area contributed by atoms with Crippen LogP contribution in [-0.4, -0.2) is 66.6 Å². The van der Waals surface area contributed by atoms with Crippen LogP contribution in [0.15, 0.2) is 0 Å². The Balaban J connectivity index is 2.96.